The summed E-state index contributed by atoms with van der Waals surface area (Å²) in [6, 6.07) is 4.53. The lowest BCUT2D eigenvalue weighted by atomic mass is 9.96. The molecule has 1 aromatic carbocycles. The maximum absolute atomic E-state index is 12.1. The van der Waals surface area contributed by atoms with Crippen molar-refractivity contribution in [3.05, 3.63) is 22.7 Å². The summed E-state index contributed by atoms with van der Waals surface area (Å²) in [7, 11) is -2.09. The Bertz CT molecular complexity index is 543. The molecule has 0 aromatic heterocycles. The smallest absolute Gasteiger partial charge is 0.240 e. The zero-order valence-electron chi connectivity index (χ0n) is 11.1. The van der Waals surface area contributed by atoms with E-state index in [4.69, 9.17) is 9.84 Å². The van der Waals surface area contributed by atoms with Crippen LogP contribution in [0.4, 0.5) is 0 Å². The van der Waals surface area contributed by atoms with E-state index >= 15 is 0 Å². The molecule has 0 amide bonds. The van der Waals surface area contributed by atoms with E-state index in [0.717, 1.165) is 0 Å². The van der Waals surface area contributed by atoms with Gasteiger partial charge in [-0.2, -0.15) is 0 Å². The van der Waals surface area contributed by atoms with Crippen LogP contribution in [0.5, 0.6) is 5.75 Å². The first-order chi connectivity index (χ1) is 8.72. The average molecular weight is 352 g/mol. The lowest BCUT2D eigenvalue weighted by Crippen LogP contribution is -2.36. The number of aliphatic hydroxyl groups is 1. The molecular formula is C12H18BrNO4S. The van der Waals surface area contributed by atoms with Gasteiger partial charge in [-0.3, -0.25) is 0 Å². The Morgan fingerprint density at radius 2 is 2.05 bits per heavy atom. The second-order valence-electron chi connectivity index (χ2n) is 4.94. The SMILES string of the molecule is COc1ccc(S(=O)(=O)NCC(C)(C)CO)cc1Br. The third-order valence-electron chi connectivity index (χ3n) is 2.60. The fraction of sp³-hybridized carbons (Fsp3) is 0.500. The summed E-state index contributed by atoms with van der Waals surface area (Å²) in [5.74, 6) is 0.564. The summed E-state index contributed by atoms with van der Waals surface area (Å²) in [5, 5.41) is 9.12. The van der Waals surface area contributed by atoms with Crippen LogP contribution in [0.3, 0.4) is 0 Å². The molecule has 0 radical (unpaired) electrons. The molecule has 0 fully saturated rings. The molecule has 1 rings (SSSR count). The maximum atomic E-state index is 12.1. The summed E-state index contributed by atoms with van der Waals surface area (Å²) in [4.78, 5) is 0.147. The molecule has 0 aliphatic carbocycles. The molecule has 0 unspecified atom stereocenters. The predicted molar refractivity (Wildman–Crippen MR) is 76.7 cm³/mol. The highest BCUT2D eigenvalue weighted by Crippen LogP contribution is 2.27. The van der Waals surface area contributed by atoms with E-state index in [2.05, 4.69) is 20.7 Å². The number of hydrogen-bond donors (Lipinski definition) is 2. The highest BCUT2D eigenvalue weighted by Gasteiger charge is 2.22. The summed E-state index contributed by atoms with van der Waals surface area (Å²) in [6.45, 7) is 3.62. The fourth-order valence-electron chi connectivity index (χ4n) is 1.24. The molecule has 0 aliphatic rings. The summed E-state index contributed by atoms with van der Waals surface area (Å²) >= 11 is 3.25. The van der Waals surface area contributed by atoms with E-state index in [1.165, 1.54) is 19.2 Å². The molecule has 5 nitrogen and oxygen atoms in total. The minimum absolute atomic E-state index is 0.0954. The minimum atomic E-state index is -3.60. The molecule has 2 N–H and O–H groups in total. The fourth-order valence-corrected chi connectivity index (χ4v) is 3.20. The van der Waals surface area contributed by atoms with Crippen LogP contribution in [-0.4, -0.2) is 33.8 Å². The Morgan fingerprint density at radius 3 is 2.53 bits per heavy atom. The summed E-state index contributed by atoms with van der Waals surface area (Å²) < 4.78 is 32.3. The van der Waals surface area contributed by atoms with Crippen LogP contribution >= 0.6 is 15.9 Å². The number of halogens is 1. The van der Waals surface area contributed by atoms with Crippen molar-refractivity contribution < 1.29 is 18.3 Å². The van der Waals surface area contributed by atoms with Crippen LogP contribution in [0.15, 0.2) is 27.6 Å². The zero-order valence-corrected chi connectivity index (χ0v) is 13.5. The second-order valence-corrected chi connectivity index (χ2v) is 7.56. The van der Waals surface area contributed by atoms with Gasteiger partial charge >= 0.3 is 0 Å². The van der Waals surface area contributed by atoms with Crippen LogP contribution in [0, 0.1) is 5.41 Å². The molecule has 0 spiro atoms. The Balaban J connectivity index is 2.92. The standard InChI is InChI=1S/C12H18BrNO4S/c1-12(2,8-15)7-14-19(16,17)9-4-5-11(18-3)10(13)6-9/h4-6,14-15H,7-8H2,1-3H3. The summed E-state index contributed by atoms with van der Waals surface area (Å²) in [6.07, 6.45) is 0. The van der Waals surface area contributed by atoms with Crippen molar-refractivity contribution in [2.24, 2.45) is 5.41 Å². The maximum Gasteiger partial charge on any atom is 0.240 e. The van der Waals surface area contributed by atoms with Crippen LogP contribution in [0.25, 0.3) is 0 Å². The normalized spacial score (nSPS) is 12.5. The molecule has 0 saturated heterocycles. The number of rotatable bonds is 6. The van der Waals surface area contributed by atoms with E-state index < -0.39 is 15.4 Å². The lowest BCUT2D eigenvalue weighted by molar-refractivity contribution is 0.163. The molecule has 0 atom stereocenters. The van der Waals surface area contributed by atoms with Gasteiger partial charge in [0.25, 0.3) is 0 Å². The van der Waals surface area contributed by atoms with E-state index in [1.54, 1.807) is 19.9 Å². The van der Waals surface area contributed by atoms with E-state index in [0.29, 0.717) is 10.2 Å². The van der Waals surface area contributed by atoms with Gasteiger partial charge in [-0.25, -0.2) is 13.1 Å². The monoisotopic (exact) mass is 351 g/mol. The first kappa shape index (κ1) is 16.4. The highest BCUT2D eigenvalue weighted by molar-refractivity contribution is 9.10. The van der Waals surface area contributed by atoms with Crippen molar-refractivity contribution in [3.8, 4) is 5.75 Å². The predicted octanol–water partition coefficient (Wildman–Crippen LogP) is 1.75. The van der Waals surface area contributed by atoms with E-state index in [1.807, 2.05) is 0 Å². The first-order valence-electron chi connectivity index (χ1n) is 5.66. The first-order valence-corrected chi connectivity index (χ1v) is 7.93. The molecule has 7 heteroatoms. The van der Waals surface area contributed by atoms with Crippen LogP contribution in [-0.2, 0) is 10.0 Å². The summed E-state index contributed by atoms with van der Waals surface area (Å²) in [5.41, 5.74) is -0.503. The van der Waals surface area contributed by atoms with E-state index in [9.17, 15) is 8.42 Å². The van der Waals surface area contributed by atoms with Crippen molar-refractivity contribution in [1.29, 1.82) is 0 Å². The molecule has 108 valence electrons. The van der Waals surface area contributed by atoms with Crippen LogP contribution in [0.2, 0.25) is 0 Å². The Kier molecular flexibility index (Phi) is 5.37. The molecule has 0 saturated carbocycles. The number of nitrogens with one attached hydrogen (secondary N) is 1. The molecule has 0 heterocycles. The third kappa shape index (κ3) is 4.45. The minimum Gasteiger partial charge on any atom is -0.496 e. The molecule has 1 aromatic rings. The third-order valence-corrected chi connectivity index (χ3v) is 4.62. The van der Waals surface area contributed by atoms with Gasteiger partial charge in [0.1, 0.15) is 5.75 Å². The number of sulfonamides is 1. The Morgan fingerprint density at radius 1 is 1.42 bits per heavy atom. The Hall–Kier alpha value is -0.630. The molecule has 19 heavy (non-hydrogen) atoms. The number of benzene rings is 1. The van der Waals surface area contributed by atoms with Crippen molar-refractivity contribution >= 4 is 26.0 Å². The second kappa shape index (κ2) is 6.21. The van der Waals surface area contributed by atoms with Gasteiger partial charge in [-0.15, -0.1) is 0 Å². The van der Waals surface area contributed by atoms with Gasteiger partial charge in [0.15, 0.2) is 0 Å². The van der Waals surface area contributed by atoms with Crippen molar-refractivity contribution in [2.45, 2.75) is 18.7 Å². The molecule has 0 aliphatic heterocycles. The molecule has 0 bridgehead atoms. The van der Waals surface area contributed by atoms with Crippen molar-refractivity contribution in [1.82, 2.24) is 4.72 Å². The zero-order chi connectivity index (χ0) is 14.7. The van der Waals surface area contributed by atoms with Crippen molar-refractivity contribution in [2.75, 3.05) is 20.3 Å². The van der Waals surface area contributed by atoms with Crippen LogP contribution < -0.4 is 9.46 Å². The van der Waals surface area contributed by atoms with Crippen molar-refractivity contribution in [3.63, 3.8) is 0 Å². The van der Waals surface area contributed by atoms with Gasteiger partial charge in [0, 0.05) is 18.6 Å². The van der Waals surface area contributed by atoms with Crippen LogP contribution in [0.1, 0.15) is 13.8 Å². The van der Waals surface area contributed by atoms with Gasteiger partial charge in [0.05, 0.1) is 16.5 Å². The quantitative estimate of drug-likeness (QED) is 0.818. The number of hydrogen-bond acceptors (Lipinski definition) is 4. The number of methoxy groups -OCH3 is 1. The van der Waals surface area contributed by atoms with Gasteiger partial charge in [-0.1, -0.05) is 13.8 Å². The lowest BCUT2D eigenvalue weighted by Gasteiger charge is -2.21. The largest absolute Gasteiger partial charge is 0.496 e. The van der Waals surface area contributed by atoms with Gasteiger partial charge < -0.3 is 9.84 Å². The molecular weight excluding hydrogens is 334 g/mol. The Labute approximate surface area is 122 Å². The average Bonchev–Trinajstić information content (AvgIpc) is 2.36. The number of ether oxygens (including phenoxy) is 1. The van der Waals surface area contributed by atoms with E-state index in [-0.39, 0.29) is 18.0 Å². The van der Waals surface area contributed by atoms with Gasteiger partial charge in [-0.05, 0) is 34.1 Å². The topological polar surface area (TPSA) is 75.6 Å². The highest BCUT2D eigenvalue weighted by atomic mass is 79.9. The van der Waals surface area contributed by atoms with Gasteiger partial charge in [0.2, 0.25) is 10.0 Å². The number of aliphatic hydroxyl groups excluding tert-OH is 1.